The molecule has 228 valence electrons. The molecule has 0 atom stereocenters. The molecule has 0 saturated carbocycles. The molecule has 0 bridgehead atoms. The lowest BCUT2D eigenvalue weighted by atomic mass is 9.86. The minimum absolute atomic E-state index is 0.125. The SMILES string of the molecule is CCC(=O)C1=C(c2ccccc2)c2cc(Br)ccc2CN1C(=O)c1ccc(C(=O)N2CCN(C(=O)OC(C)(C)C)CC2)cc1. The van der Waals surface area contributed by atoms with Crippen LogP contribution in [-0.4, -0.2) is 70.2 Å². The molecule has 0 aliphatic carbocycles. The smallest absolute Gasteiger partial charge is 0.410 e. The van der Waals surface area contributed by atoms with Gasteiger partial charge in [0.05, 0.1) is 12.2 Å². The number of hydrogen-bond donors (Lipinski definition) is 0. The minimum Gasteiger partial charge on any atom is -0.444 e. The van der Waals surface area contributed by atoms with Crippen LogP contribution in [0, 0.1) is 0 Å². The number of ketones is 1. The normalized spacial score (nSPS) is 15.2. The number of fused-ring (bicyclic) bond motifs is 1. The van der Waals surface area contributed by atoms with Crippen LogP contribution in [0.4, 0.5) is 4.79 Å². The summed E-state index contributed by atoms with van der Waals surface area (Å²) < 4.78 is 6.34. The van der Waals surface area contributed by atoms with E-state index in [2.05, 4.69) is 15.9 Å². The van der Waals surface area contributed by atoms with Crippen LogP contribution in [0.1, 0.15) is 71.5 Å². The van der Waals surface area contributed by atoms with Crippen LogP contribution in [0.25, 0.3) is 5.57 Å². The number of carbonyl (C=O) groups excluding carboxylic acids is 4. The molecule has 2 aliphatic heterocycles. The largest absolute Gasteiger partial charge is 0.444 e. The highest BCUT2D eigenvalue weighted by molar-refractivity contribution is 9.10. The van der Waals surface area contributed by atoms with Crippen molar-refractivity contribution in [2.24, 2.45) is 0 Å². The number of rotatable bonds is 5. The summed E-state index contributed by atoms with van der Waals surface area (Å²) in [4.78, 5) is 58.1. The van der Waals surface area contributed by atoms with Crippen LogP contribution < -0.4 is 0 Å². The molecule has 2 heterocycles. The van der Waals surface area contributed by atoms with Crippen LogP contribution in [0.2, 0.25) is 0 Å². The fraction of sp³-hybridized carbons (Fsp3) is 0.314. The Kier molecular flexibility index (Phi) is 9.06. The van der Waals surface area contributed by atoms with E-state index in [1.54, 1.807) is 45.9 Å². The second kappa shape index (κ2) is 12.8. The van der Waals surface area contributed by atoms with Crippen molar-refractivity contribution in [1.82, 2.24) is 14.7 Å². The Balaban J connectivity index is 1.38. The van der Waals surface area contributed by atoms with Gasteiger partial charge in [-0.05, 0) is 73.9 Å². The molecule has 0 aromatic heterocycles. The Labute approximate surface area is 266 Å². The maximum atomic E-state index is 14.1. The maximum absolute atomic E-state index is 14.1. The van der Waals surface area contributed by atoms with Gasteiger partial charge < -0.3 is 14.5 Å². The van der Waals surface area contributed by atoms with Gasteiger partial charge in [0.2, 0.25) is 0 Å². The molecule has 0 spiro atoms. The van der Waals surface area contributed by atoms with E-state index < -0.39 is 5.60 Å². The quantitative estimate of drug-likeness (QED) is 0.311. The topological polar surface area (TPSA) is 87.2 Å². The molecule has 3 aromatic carbocycles. The number of benzene rings is 3. The second-order valence-corrected chi connectivity index (χ2v) is 12.8. The van der Waals surface area contributed by atoms with Gasteiger partial charge in [0.1, 0.15) is 5.60 Å². The van der Waals surface area contributed by atoms with Crippen molar-refractivity contribution >= 4 is 45.2 Å². The molecule has 8 nitrogen and oxygen atoms in total. The molecule has 3 amide bonds. The third kappa shape index (κ3) is 6.63. The Hall–Kier alpha value is -4.24. The fourth-order valence-electron chi connectivity index (χ4n) is 5.47. The third-order valence-corrected chi connectivity index (χ3v) is 8.16. The summed E-state index contributed by atoms with van der Waals surface area (Å²) in [6, 6.07) is 22.1. The summed E-state index contributed by atoms with van der Waals surface area (Å²) in [7, 11) is 0. The highest BCUT2D eigenvalue weighted by Crippen LogP contribution is 2.39. The van der Waals surface area contributed by atoms with Crippen LogP contribution in [0.3, 0.4) is 0 Å². The molecular weight excluding hydrogens is 622 g/mol. The predicted molar refractivity (Wildman–Crippen MR) is 172 cm³/mol. The first-order chi connectivity index (χ1) is 21.0. The van der Waals surface area contributed by atoms with E-state index >= 15 is 0 Å². The van der Waals surface area contributed by atoms with Crippen molar-refractivity contribution < 1.29 is 23.9 Å². The number of piperazine rings is 1. The zero-order chi connectivity index (χ0) is 31.6. The molecular formula is C35H36BrN3O5. The number of ether oxygens (including phenoxy) is 1. The zero-order valence-electron chi connectivity index (χ0n) is 25.4. The van der Waals surface area contributed by atoms with Gasteiger partial charge in [0, 0.05) is 53.8 Å². The predicted octanol–water partition coefficient (Wildman–Crippen LogP) is 6.54. The average Bonchev–Trinajstić information content (AvgIpc) is 3.02. The molecule has 3 aromatic rings. The van der Waals surface area contributed by atoms with E-state index in [0.717, 1.165) is 26.7 Å². The first kappa shape index (κ1) is 31.2. The van der Waals surface area contributed by atoms with Crippen molar-refractivity contribution in [3.63, 3.8) is 0 Å². The lowest BCUT2D eigenvalue weighted by Crippen LogP contribution is -2.51. The molecule has 0 N–H and O–H groups in total. The van der Waals surface area contributed by atoms with Gasteiger partial charge in [-0.3, -0.25) is 19.3 Å². The average molecular weight is 659 g/mol. The fourth-order valence-corrected chi connectivity index (χ4v) is 5.83. The van der Waals surface area contributed by atoms with Gasteiger partial charge in [-0.15, -0.1) is 0 Å². The molecule has 0 radical (unpaired) electrons. The van der Waals surface area contributed by atoms with E-state index in [4.69, 9.17) is 4.74 Å². The minimum atomic E-state index is -0.582. The lowest BCUT2D eigenvalue weighted by molar-refractivity contribution is -0.116. The standard InChI is InChI=1S/C35H36BrN3O5/c1-5-29(40)31-30(23-9-7-6-8-10-23)28-21-27(36)16-15-26(28)22-39(31)33(42)25-13-11-24(12-14-25)32(41)37-17-19-38(20-18-37)34(43)44-35(2,3)4/h6-16,21H,5,17-20,22H2,1-4H3. The molecule has 1 saturated heterocycles. The highest BCUT2D eigenvalue weighted by Gasteiger charge is 2.34. The molecule has 44 heavy (non-hydrogen) atoms. The molecule has 9 heteroatoms. The van der Waals surface area contributed by atoms with Crippen molar-refractivity contribution in [1.29, 1.82) is 0 Å². The molecule has 0 unspecified atom stereocenters. The number of amides is 3. The molecule has 2 aliphatic rings. The van der Waals surface area contributed by atoms with E-state index in [9.17, 15) is 19.2 Å². The Morgan fingerprint density at radius 3 is 1.98 bits per heavy atom. The van der Waals surface area contributed by atoms with E-state index in [-0.39, 0.29) is 36.7 Å². The van der Waals surface area contributed by atoms with E-state index in [0.29, 0.717) is 43.0 Å². The van der Waals surface area contributed by atoms with Gasteiger partial charge >= 0.3 is 6.09 Å². The number of carbonyl (C=O) groups is 4. The summed E-state index contributed by atoms with van der Waals surface area (Å²) >= 11 is 3.57. The van der Waals surface area contributed by atoms with Gasteiger partial charge in [-0.2, -0.15) is 0 Å². The third-order valence-electron chi connectivity index (χ3n) is 7.67. The second-order valence-electron chi connectivity index (χ2n) is 11.9. The Morgan fingerprint density at radius 2 is 1.39 bits per heavy atom. The first-order valence-electron chi connectivity index (χ1n) is 14.8. The van der Waals surface area contributed by atoms with E-state index in [1.165, 1.54) is 0 Å². The van der Waals surface area contributed by atoms with Crippen LogP contribution in [0.5, 0.6) is 0 Å². The van der Waals surface area contributed by atoms with Crippen molar-refractivity contribution in [3.05, 3.63) is 111 Å². The number of Topliss-reactive ketones (excluding diaryl/α,β-unsaturated/α-hetero) is 1. The highest BCUT2D eigenvalue weighted by atomic mass is 79.9. The van der Waals surface area contributed by atoms with Gasteiger partial charge in [0.15, 0.2) is 5.78 Å². The number of hydrogen-bond acceptors (Lipinski definition) is 5. The van der Waals surface area contributed by atoms with Crippen LogP contribution in [0.15, 0.2) is 83.0 Å². The van der Waals surface area contributed by atoms with Crippen LogP contribution >= 0.6 is 15.9 Å². The Morgan fingerprint density at radius 1 is 0.795 bits per heavy atom. The molecule has 5 rings (SSSR count). The number of halogens is 1. The monoisotopic (exact) mass is 657 g/mol. The van der Waals surface area contributed by atoms with E-state index in [1.807, 2.05) is 69.3 Å². The lowest BCUT2D eigenvalue weighted by Gasteiger charge is -2.35. The maximum Gasteiger partial charge on any atom is 0.410 e. The molecule has 1 fully saturated rings. The first-order valence-corrected chi connectivity index (χ1v) is 15.6. The summed E-state index contributed by atoms with van der Waals surface area (Å²) in [6.07, 6.45) is -0.140. The number of allylic oxidation sites excluding steroid dienone is 1. The van der Waals surface area contributed by atoms with Crippen LogP contribution in [-0.2, 0) is 16.1 Å². The summed E-state index contributed by atoms with van der Waals surface area (Å²) in [5.74, 6) is -0.604. The van der Waals surface area contributed by atoms with Gasteiger partial charge in [0.25, 0.3) is 11.8 Å². The number of nitrogens with zero attached hydrogens (tertiary/aromatic N) is 3. The van der Waals surface area contributed by atoms with Gasteiger partial charge in [-0.1, -0.05) is 59.3 Å². The van der Waals surface area contributed by atoms with Gasteiger partial charge in [-0.25, -0.2) is 4.79 Å². The summed E-state index contributed by atoms with van der Waals surface area (Å²) in [6.45, 7) is 9.06. The summed E-state index contributed by atoms with van der Waals surface area (Å²) in [5, 5.41) is 0. The van der Waals surface area contributed by atoms with Crippen molar-refractivity contribution in [2.45, 2.75) is 46.3 Å². The van der Waals surface area contributed by atoms with Crippen molar-refractivity contribution in [2.75, 3.05) is 26.2 Å². The zero-order valence-corrected chi connectivity index (χ0v) is 27.0. The van der Waals surface area contributed by atoms with Crippen molar-refractivity contribution in [3.8, 4) is 0 Å². The summed E-state index contributed by atoms with van der Waals surface area (Å²) in [5.41, 5.74) is 4.06. The Bertz CT molecular complexity index is 1620.